The number of rotatable bonds is 4. The maximum atomic E-state index is 6.34. The average molecular weight is 551 g/mol. The van der Waals surface area contributed by atoms with Crippen molar-refractivity contribution in [2.45, 2.75) is 0 Å². The van der Waals surface area contributed by atoms with E-state index in [2.05, 4.69) is 102 Å². The molecule has 9 aromatic rings. The largest absolute Gasteiger partial charge is 0.456 e. The van der Waals surface area contributed by atoms with Crippen LogP contribution in [0.2, 0.25) is 0 Å². The van der Waals surface area contributed by atoms with Gasteiger partial charge in [-0.1, -0.05) is 84.9 Å². The fourth-order valence-corrected chi connectivity index (χ4v) is 6.08. The van der Waals surface area contributed by atoms with Crippen molar-refractivity contribution in [2.75, 3.05) is 4.90 Å². The van der Waals surface area contributed by atoms with Gasteiger partial charge in [-0.05, 0) is 70.9 Å². The molecule has 0 fully saturated rings. The third-order valence-electron chi connectivity index (χ3n) is 8.12. The Bertz CT molecular complexity index is 2450. The van der Waals surface area contributed by atoms with Crippen LogP contribution < -0.4 is 4.90 Å². The molecule has 0 amide bonds. The Hall–Kier alpha value is -6.05. The summed E-state index contributed by atoms with van der Waals surface area (Å²) in [6.07, 6.45) is 0. The third kappa shape index (κ3) is 3.76. The number of anilines is 3. The van der Waals surface area contributed by atoms with Gasteiger partial charge in [-0.2, -0.15) is 4.98 Å². The summed E-state index contributed by atoms with van der Waals surface area (Å²) in [5, 5.41) is 6.55. The summed E-state index contributed by atoms with van der Waals surface area (Å²) in [4.78, 5) is 7.14. The number of para-hydroxylation sites is 1. The monoisotopic (exact) mass is 550 g/mol. The Morgan fingerprint density at radius 3 is 2.21 bits per heavy atom. The molecule has 4 heteroatoms. The Kier molecular flexibility index (Phi) is 5.08. The molecule has 0 radical (unpaired) electrons. The van der Waals surface area contributed by atoms with Crippen LogP contribution in [0.1, 0.15) is 0 Å². The molecule has 0 bridgehead atoms. The number of furan rings is 2. The molecule has 3 heterocycles. The normalized spacial score (nSPS) is 11.5. The Morgan fingerprint density at radius 2 is 1.33 bits per heavy atom. The zero-order valence-electron chi connectivity index (χ0n) is 22.9. The second-order valence-corrected chi connectivity index (χ2v) is 10.6. The smallest absolute Gasteiger partial charge is 0.229 e. The minimum absolute atomic E-state index is 0.587. The van der Waals surface area contributed by atoms with Gasteiger partial charge in [-0.25, -0.2) is 0 Å². The lowest BCUT2D eigenvalue weighted by Gasteiger charge is -2.22. The number of benzene rings is 5. The van der Waals surface area contributed by atoms with Crippen molar-refractivity contribution >= 4 is 72.0 Å². The molecule has 0 spiro atoms. The predicted octanol–water partition coefficient (Wildman–Crippen LogP) is 10.8. The first kappa shape index (κ1) is 23.6. The lowest BCUT2D eigenvalue weighted by molar-refractivity contribution is 0.654. The van der Waals surface area contributed by atoms with Gasteiger partial charge in [0.15, 0.2) is 0 Å². The molecule has 43 heavy (non-hydrogen) atoms. The van der Waals surface area contributed by atoms with E-state index in [9.17, 15) is 0 Å². The van der Waals surface area contributed by atoms with E-state index in [1.165, 1.54) is 5.39 Å². The first-order valence-corrected chi connectivity index (χ1v) is 14.2. The molecule has 0 aliphatic carbocycles. The van der Waals surface area contributed by atoms with E-state index in [0.29, 0.717) is 11.5 Å². The number of fused-ring (bicyclic) bond motifs is 8. The molecule has 0 saturated carbocycles. The van der Waals surface area contributed by atoms with Crippen LogP contribution in [0.25, 0.3) is 65.9 Å². The van der Waals surface area contributed by atoms with Gasteiger partial charge in [-0.15, -0.1) is 0 Å². The molecule has 0 aliphatic heterocycles. The maximum absolute atomic E-state index is 6.34. The van der Waals surface area contributed by atoms with Gasteiger partial charge in [-0.3, -0.25) is 4.90 Å². The molecule has 0 saturated heterocycles. The minimum atomic E-state index is 0.587. The molecule has 6 aromatic carbocycles. The summed E-state index contributed by atoms with van der Waals surface area (Å²) in [7, 11) is 0. The summed E-state index contributed by atoms with van der Waals surface area (Å²) >= 11 is 0. The van der Waals surface area contributed by atoms with E-state index in [0.717, 1.165) is 66.2 Å². The Morgan fingerprint density at radius 1 is 0.535 bits per heavy atom. The minimum Gasteiger partial charge on any atom is -0.456 e. The number of hydrogen-bond acceptors (Lipinski definition) is 4. The third-order valence-corrected chi connectivity index (χ3v) is 8.12. The SMILES string of the molecule is c1c(-c2ccccc2)ccc(N(c2ccc3c(c2)oc2ccccc23)c2ccc3c(n2)oc2ccc4ccccc4c23)c#1. The van der Waals surface area contributed by atoms with E-state index in [1.807, 2.05) is 48.5 Å². The van der Waals surface area contributed by atoms with Gasteiger partial charge in [0.2, 0.25) is 5.71 Å². The molecule has 0 aliphatic rings. The van der Waals surface area contributed by atoms with Gasteiger partial charge < -0.3 is 8.83 Å². The molecular formula is C39H22N2O2. The number of pyridine rings is 1. The molecule has 9 rings (SSSR count). The van der Waals surface area contributed by atoms with E-state index in [4.69, 9.17) is 13.8 Å². The lowest BCUT2D eigenvalue weighted by Crippen LogP contribution is -2.11. The van der Waals surface area contributed by atoms with Crippen molar-refractivity contribution < 1.29 is 8.83 Å². The zero-order chi connectivity index (χ0) is 28.3. The first-order chi connectivity index (χ1) is 21.3. The molecular weight excluding hydrogens is 528 g/mol. The molecule has 3 aromatic heterocycles. The highest BCUT2D eigenvalue weighted by atomic mass is 16.3. The van der Waals surface area contributed by atoms with Crippen LogP contribution in [-0.4, -0.2) is 4.98 Å². The van der Waals surface area contributed by atoms with Crippen LogP contribution >= 0.6 is 0 Å². The molecule has 0 N–H and O–H groups in total. The summed E-state index contributed by atoms with van der Waals surface area (Å²) in [6, 6.07) is 52.1. The quantitative estimate of drug-likeness (QED) is 0.219. The van der Waals surface area contributed by atoms with Gasteiger partial charge in [0.05, 0.1) is 11.4 Å². The molecule has 200 valence electrons. The summed E-state index contributed by atoms with van der Waals surface area (Å²) in [5.74, 6) is 0.712. The van der Waals surface area contributed by atoms with Crippen LogP contribution in [0, 0.1) is 12.1 Å². The second kappa shape index (κ2) is 9.24. The molecule has 4 nitrogen and oxygen atoms in total. The van der Waals surface area contributed by atoms with Gasteiger partial charge in [0, 0.05) is 33.2 Å². The highest BCUT2D eigenvalue weighted by Crippen LogP contribution is 2.40. The van der Waals surface area contributed by atoms with Crippen LogP contribution in [0.3, 0.4) is 0 Å². The van der Waals surface area contributed by atoms with Crippen molar-refractivity contribution in [3.8, 4) is 11.1 Å². The highest BCUT2D eigenvalue weighted by molar-refractivity contribution is 6.18. The average Bonchev–Trinajstić information content (AvgIpc) is 3.63. The highest BCUT2D eigenvalue weighted by Gasteiger charge is 2.19. The zero-order valence-corrected chi connectivity index (χ0v) is 22.9. The second-order valence-electron chi connectivity index (χ2n) is 10.6. The van der Waals surface area contributed by atoms with Crippen molar-refractivity contribution in [2.24, 2.45) is 0 Å². The predicted molar refractivity (Wildman–Crippen MR) is 174 cm³/mol. The van der Waals surface area contributed by atoms with Crippen LogP contribution in [0.5, 0.6) is 0 Å². The van der Waals surface area contributed by atoms with Crippen molar-refractivity contribution in [1.29, 1.82) is 0 Å². The summed E-state index contributed by atoms with van der Waals surface area (Å²) < 4.78 is 12.6. The van der Waals surface area contributed by atoms with Gasteiger partial charge in [0.25, 0.3) is 0 Å². The fraction of sp³-hybridized carbons (Fsp3) is 0. The van der Waals surface area contributed by atoms with E-state index in [-0.39, 0.29) is 0 Å². The lowest BCUT2D eigenvalue weighted by atomic mass is 10.0. The van der Waals surface area contributed by atoms with Crippen LogP contribution in [0.4, 0.5) is 17.2 Å². The Labute approximate surface area is 247 Å². The number of hydrogen-bond donors (Lipinski definition) is 0. The summed E-state index contributed by atoms with van der Waals surface area (Å²) in [6.45, 7) is 0. The molecule has 0 atom stereocenters. The summed E-state index contributed by atoms with van der Waals surface area (Å²) in [5.41, 5.74) is 6.86. The molecule has 0 unspecified atom stereocenters. The van der Waals surface area contributed by atoms with E-state index in [1.54, 1.807) is 0 Å². The number of aromatic nitrogens is 1. The topological polar surface area (TPSA) is 42.4 Å². The first-order valence-electron chi connectivity index (χ1n) is 14.2. The standard InChI is InChI=1S/C39H22N2O2/c1-2-8-25(9-3-1)26-14-17-28(18-15-26)41(29-19-20-32-31-12-6-7-13-34(31)42-36(32)24-29)37-23-21-33-38-30-11-5-4-10-27(30)16-22-35(38)43-39(33)40-37/h1-14,16-17,19-24H. The number of nitrogens with zero attached hydrogens (tertiary/aromatic N) is 2. The maximum Gasteiger partial charge on any atom is 0.229 e. The fourth-order valence-electron chi connectivity index (χ4n) is 6.08. The van der Waals surface area contributed by atoms with Gasteiger partial charge >= 0.3 is 0 Å². The van der Waals surface area contributed by atoms with Crippen molar-refractivity contribution in [3.05, 3.63) is 146 Å². The van der Waals surface area contributed by atoms with E-state index < -0.39 is 0 Å². The van der Waals surface area contributed by atoms with E-state index >= 15 is 0 Å². The Balaban J connectivity index is 1.23. The van der Waals surface area contributed by atoms with Crippen molar-refractivity contribution in [3.63, 3.8) is 0 Å². The van der Waals surface area contributed by atoms with Gasteiger partial charge in [0.1, 0.15) is 22.6 Å². The van der Waals surface area contributed by atoms with Crippen molar-refractivity contribution in [1.82, 2.24) is 4.98 Å². The van der Waals surface area contributed by atoms with Crippen LogP contribution in [-0.2, 0) is 0 Å². The van der Waals surface area contributed by atoms with Crippen LogP contribution in [0.15, 0.2) is 142 Å².